The van der Waals surface area contributed by atoms with Crippen LogP contribution in [0, 0.1) is 6.92 Å². The maximum atomic E-state index is 6.00. The fraction of sp³-hybridized carbons (Fsp3) is 0.0769. The van der Waals surface area contributed by atoms with Crippen LogP contribution < -0.4 is 11.1 Å². The maximum absolute atomic E-state index is 6.00. The molecule has 4 heteroatoms. The van der Waals surface area contributed by atoms with Gasteiger partial charge in [-0.25, -0.2) is 0 Å². The monoisotopic (exact) mass is 310 g/mol. The van der Waals surface area contributed by atoms with Crippen molar-refractivity contribution in [3.8, 4) is 0 Å². The summed E-state index contributed by atoms with van der Waals surface area (Å²) in [5, 5.41) is 3.96. The lowest BCUT2D eigenvalue weighted by Crippen LogP contribution is -1.97. The Hall–Kier alpha value is -1.19. The Morgan fingerprint density at radius 1 is 1.18 bits per heavy atom. The van der Waals surface area contributed by atoms with Crippen molar-refractivity contribution in [2.45, 2.75) is 6.92 Å². The number of aryl methyl sites for hydroxylation is 1. The summed E-state index contributed by atoms with van der Waals surface area (Å²) in [5.74, 6) is 0. The molecule has 0 aliphatic carbocycles. The molecule has 0 spiro atoms. The first-order valence-corrected chi connectivity index (χ1v) is 6.32. The molecule has 2 aromatic carbocycles. The first-order valence-electron chi connectivity index (χ1n) is 5.15. The summed E-state index contributed by atoms with van der Waals surface area (Å²) in [6.07, 6.45) is 0. The van der Waals surface area contributed by atoms with Crippen LogP contribution in [0.25, 0.3) is 0 Å². The van der Waals surface area contributed by atoms with E-state index in [1.807, 2.05) is 37.3 Å². The molecule has 0 amide bonds. The summed E-state index contributed by atoms with van der Waals surface area (Å²) in [7, 11) is 0. The van der Waals surface area contributed by atoms with Crippen molar-refractivity contribution in [3.63, 3.8) is 0 Å². The average molecular weight is 312 g/mol. The van der Waals surface area contributed by atoms with Crippen molar-refractivity contribution in [3.05, 3.63) is 51.5 Å². The second-order valence-corrected chi connectivity index (χ2v) is 5.06. The second-order valence-electron chi connectivity index (χ2n) is 3.79. The van der Waals surface area contributed by atoms with Gasteiger partial charge in [0.2, 0.25) is 0 Å². The molecule has 0 heterocycles. The highest BCUT2D eigenvalue weighted by Gasteiger charge is 2.05. The molecule has 0 saturated carbocycles. The van der Waals surface area contributed by atoms with Gasteiger partial charge in [-0.1, -0.05) is 23.7 Å². The smallest absolute Gasteiger partial charge is 0.0621 e. The minimum Gasteiger partial charge on any atom is -0.397 e. The van der Waals surface area contributed by atoms with E-state index < -0.39 is 0 Å². The highest BCUT2D eigenvalue weighted by Crippen LogP contribution is 2.31. The minimum atomic E-state index is 0.636. The van der Waals surface area contributed by atoms with Crippen LogP contribution in [0.2, 0.25) is 5.02 Å². The van der Waals surface area contributed by atoms with E-state index in [-0.39, 0.29) is 0 Å². The Kier molecular flexibility index (Phi) is 3.60. The lowest BCUT2D eigenvalue weighted by atomic mass is 10.2. The molecule has 2 rings (SSSR count). The minimum absolute atomic E-state index is 0.636. The van der Waals surface area contributed by atoms with Crippen LogP contribution in [0.15, 0.2) is 40.9 Å². The molecule has 0 fully saturated rings. The van der Waals surface area contributed by atoms with Crippen molar-refractivity contribution in [2.75, 3.05) is 11.1 Å². The van der Waals surface area contributed by atoms with Crippen molar-refractivity contribution in [1.82, 2.24) is 0 Å². The number of nitrogens with one attached hydrogen (secondary N) is 1. The van der Waals surface area contributed by atoms with E-state index in [0.29, 0.717) is 10.7 Å². The molecular formula is C13H12BrClN2. The average Bonchev–Trinajstić information content (AvgIpc) is 2.29. The number of hydrogen-bond acceptors (Lipinski definition) is 2. The van der Waals surface area contributed by atoms with Gasteiger partial charge < -0.3 is 11.1 Å². The van der Waals surface area contributed by atoms with Crippen LogP contribution in [0.5, 0.6) is 0 Å². The fourth-order valence-corrected chi connectivity index (χ4v) is 2.07. The summed E-state index contributed by atoms with van der Waals surface area (Å²) < 4.78 is 0.993. The predicted octanol–water partition coefficient (Wildman–Crippen LogP) is 4.74. The van der Waals surface area contributed by atoms with Crippen molar-refractivity contribution in [2.24, 2.45) is 0 Å². The van der Waals surface area contributed by atoms with Crippen LogP contribution in [0.4, 0.5) is 17.1 Å². The fourth-order valence-electron chi connectivity index (χ4n) is 1.51. The van der Waals surface area contributed by atoms with Gasteiger partial charge in [0.05, 0.1) is 17.1 Å². The molecule has 17 heavy (non-hydrogen) atoms. The number of hydrogen-bond donors (Lipinski definition) is 2. The highest BCUT2D eigenvalue weighted by atomic mass is 79.9. The molecule has 0 atom stereocenters. The molecular weight excluding hydrogens is 300 g/mol. The van der Waals surface area contributed by atoms with Gasteiger partial charge >= 0.3 is 0 Å². The topological polar surface area (TPSA) is 38.0 Å². The zero-order valence-electron chi connectivity index (χ0n) is 9.30. The van der Waals surface area contributed by atoms with Crippen LogP contribution in [-0.2, 0) is 0 Å². The molecule has 0 saturated heterocycles. The Bertz CT molecular complexity index is 555. The Morgan fingerprint density at radius 3 is 2.59 bits per heavy atom. The SMILES string of the molecule is Cc1cc(Nc2ccccc2Br)c(N)cc1Cl. The first-order chi connectivity index (χ1) is 8.08. The number of halogens is 2. The van der Waals surface area contributed by atoms with Gasteiger partial charge in [-0.2, -0.15) is 0 Å². The third kappa shape index (κ3) is 2.73. The summed E-state index contributed by atoms with van der Waals surface area (Å²) in [6, 6.07) is 11.6. The van der Waals surface area contributed by atoms with Crippen LogP contribution in [0.1, 0.15) is 5.56 Å². The second kappa shape index (κ2) is 4.98. The van der Waals surface area contributed by atoms with Crippen LogP contribution >= 0.6 is 27.5 Å². The number of rotatable bonds is 2. The Balaban J connectivity index is 2.37. The van der Waals surface area contributed by atoms with Crippen LogP contribution in [0.3, 0.4) is 0 Å². The number of para-hydroxylation sites is 1. The van der Waals surface area contributed by atoms with Gasteiger partial charge in [-0.05, 0) is 52.7 Å². The summed E-state index contributed by atoms with van der Waals surface area (Å²) in [5.41, 5.74) is 9.39. The van der Waals surface area contributed by atoms with E-state index in [4.69, 9.17) is 17.3 Å². The van der Waals surface area contributed by atoms with Crippen molar-refractivity contribution >= 4 is 44.6 Å². The lowest BCUT2D eigenvalue weighted by molar-refractivity contribution is 1.44. The zero-order chi connectivity index (χ0) is 12.4. The van der Waals surface area contributed by atoms with Gasteiger partial charge in [-0.3, -0.25) is 0 Å². The number of anilines is 3. The first kappa shape index (κ1) is 12.3. The molecule has 0 aliphatic rings. The third-order valence-electron chi connectivity index (χ3n) is 2.47. The number of nitrogens with two attached hydrogens (primary N) is 1. The Morgan fingerprint density at radius 2 is 1.88 bits per heavy atom. The lowest BCUT2D eigenvalue weighted by Gasteiger charge is -2.12. The van der Waals surface area contributed by atoms with E-state index >= 15 is 0 Å². The summed E-state index contributed by atoms with van der Waals surface area (Å²) in [4.78, 5) is 0. The van der Waals surface area contributed by atoms with E-state index in [0.717, 1.165) is 21.4 Å². The van der Waals surface area contributed by atoms with Gasteiger partial charge in [0, 0.05) is 9.50 Å². The number of nitrogen functional groups attached to an aromatic ring is 1. The molecule has 88 valence electrons. The normalized spacial score (nSPS) is 10.3. The largest absolute Gasteiger partial charge is 0.397 e. The molecule has 0 bridgehead atoms. The molecule has 2 nitrogen and oxygen atoms in total. The van der Waals surface area contributed by atoms with Gasteiger partial charge in [0.25, 0.3) is 0 Å². The van der Waals surface area contributed by atoms with Gasteiger partial charge in [-0.15, -0.1) is 0 Å². The molecule has 0 aromatic heterocycles. The molecule has 2 aromatic rings. The quantitative estimate of drug-likeness (QED) is 0.786. The maximum Gasteiger partial charge on any atom is 0.0621 e. The predicted molar refractivity (Wildman–Crippen MR) is 78.0 cm³/mol. The van der Waals surface area contributed by atoms with Crippen molar-refractivity contribution in [1.29, 1.82) is 0 Å². The van der Waals surface area contributed by atoms with E-state index in [1.54, 1.807) is 6.07 Å². The standard InChI is InChI=1S/C13H12BrClN2/c1-8-6-13(11(16)7-10(8)15)17-12-5-3-2-4-9(12)14/h2-7,17H,16H2,1H3. The zero-order valence-corrected chi connectivity index (χ0v) is 11.6. The Labute approximate surface area is 114 Å². The summed E-state index contributed by atoms with van der Waals surface area (Å²) >= 11 is 9.49. The van der Waals surface area contributed by atoms with E-state index in [2.05, 4.69) is 21.2 Å². The molecule has 3 N–H and O–H groups in total. The van der Waals surface area contributed by atoms with E-state index in [1.165, 1.54) is 0 Å². The number of benzene rings is 2. The summed E-state index contributed by atoms with van der Waals surface area (Å²) in [6.45, 7) is 1.95. The molecule has 0 radical (unpaired) electrons. The van der Waals surface area contributed by atoms with E-state index in [9.17, 15) is 0 Å². The highest BCUT2D eigenvalue weighted by molar-refractivity contribution is 9.10. The molecule has 0 aliphatic heterocycles. The van der Waals surface area contributed by atoms with Gasteiger partial charge in [0.1, 0.15) is 0 Å². The third-order valence-corrected chi connectivity index (χ3v) is 3.57. The van der Waals surface area contributed by atoms with Gasteiger partial charge in [0.15, 0.2) is 0 Å². The van der Waals surface area contributed by atoms with Crippen LogP contribution in [-0.4, -0.2) is 0 Å². The van der Waals surface area contributed by atoms with Crippen molar-refractivity contribution < 1.29 is 0 Å². The molecule has 0 unspecified atom stereocenters.